The Labute approximate surface area is 68.2 Å². The zero-order chi connectivity index (χ0) is 8.27. The molecule has 0 aromatic rings. The van der Waals surface area contributed by atoms with Gasteiger partial charge in [-0.15, -0.1) is 0 Å². The number of carbonyl (C=O) groups excluding carboxylic acids is 1. The van der Waals surface area contributed by atoms with Gasteiger partial charge in [-0.1, -0.05) is 6.92 Å². The second kappa shape index (κ2) is 3.86. The van der Waals surface area contributed by atoms with Crippen molar-refractivity contribution in [3.63, 3.8) is 0 Å². The Bertz CT molecular complexity index is 140. The van der Waals surface area contributed by atoms with Gasteiger partial charge < -0.3 is 5.73 Å². The molecular weight excluding hydrogens is 138 g/mol. The lowest BCUT2D eigenvalue weighted by molar-refractivity contribution is -0.120. The van der Waals surface area contributed by atoms with Crippen LogP contribution in [0.4, 0.5) is 0 Å². The summed E-state index contributed by atoms with van der Waals surface area (Å²) in [5.74, 6) is 1.41. The summed E-state index contributed by atoms with van der Waals surface area (Å²) in [5.41, 5.74) is 5.44. The number of ketones is 1. The minimum Gasteiger partial charge on any atom is -0.330 e. The van der Waals surface area contributed by atoms with Crippen LogP contribution in [0.3, 0.4) is 0 Å². The molecule has 0 aromatic heterocycles. The molecule has 0 spiro atoms. The standard InChI is InChI=1S/C9H17NO/c1-7(6-10)2-5-9(11)8-3-4-8/h7-8H,2-6,10H2,1H3. The Morgan fingerprint density at radius 2 is 2.27 bits per heavy atom. The highest BCUT2D eigenvalue weighted by molar-refractivity contribution is 5.83. The molecule has 0 aliphatic heterocycles. The van der Waals surface area contributed by atoms with Crippen LogP contribution in [0.5, 0.6) is 0 Å². The SMILES string of the molecule is CC(CN)CCC(=O)C1CC1. The number of hydrogen-bond acceptors (Lipinski definition) is 2. The van der Waals surface area contributed by atoms with Crippen LogP contribution < -0.4 is 5.73 Å². The molecule has 1 fully saturated rings. The lowest BCUT2D eigenvalue weighted by atomic mass is 10.0. The molecule has 2 N–H and O–H groups in total. The summed E-state index contributed by atoms with van der Waals surface area (Å²) < 4.78 is 0. The number of nitrogens with two attached hydrogens (primary N) is 1. The molecule has 0 heterocycles. The maximum Gasteiger partial charge on any atom is 0.135 e. The number of rotatable bonds is 5. The van der Waals surface area contributed by atoms with Crippen LogP contribution in [0.1, 0.15) is 32.6 Å². The Morgan fingerprint density at radius 3 is 2.73 bits per heavy atom. The Morgan fingerprint density at radius 1 is 1.64 bits per heavy atom. The molecule has 1 aliphatic rings. The molecule has 0 amide bonds. The van der Waals surface area contributed by atoms with E-state index >= 15 is 0 Å². The van der Waals surface area contributed by atoms with E-state index in [0.29, 0.717) is 24.2 Å². The fourth-order valence-electron chi connectivity index (χ4n) is 1.12. The molecule has 1 saturated carbocycles. The van der Waals surface area contributed by atoms with E-state index < -0.39 is 0 Å². The molecule has 1 aliphatic carbocycles. The number of Topliss-reactive ketones (excluding diaryl/α,β-unsaturated/α-hetero) is 1. The first kappa shape index (κ1) is 8.72. The maximum absolute atomic E-state index is 11.2. The van der Waals surface area contributed by atoms with Gasteiger partial charge in [0.15, 0.2) is 0 Å². The first-order valence-electron chi connectivity index (χ1n) is 4.46. The lowest BCUT2D eigenvalue weighted by Crippen LogP contribution is -2.12. The van der Waals surface area contributed by atoms with Gasteiger partial charge in [-0.25, -0.2) is 0 Å². The Hall–Kier alpha value is -0.370. The van der Waals surface area contributed by atoms with Crippen molar-refractivity contribution in [2.75, 3.05) is 6.54 Å². The highest BCUT2D eigenvalue weighted by Gasteiger charge is 2.28. The van der Waals surface area contributed by atoms with Crippen molar-refractivity contribution in [2.24, 2.45) is 17.6 Å². The van der Waals surface area contributed by atoms with Crippen LogP contribution in [0.15, 0.2) is 0 Å². The van der Waals surface area contributed by atoms with E-state index in [0.717, 1.165) is 25.7 Å². The topological polar surface area (TPSA) is 43.1 Å². The van der Waals surface area contributed by atoms with Gasteiger partial charge in [-0.3, -0.25) is 4.79 Å². The summed E-state index contributed by atoms with van der Waals surface area (Å²) in [6.45, 7) is 2.80. The molecule has 0 aromatic carbocycles. The molecule has 2 nitrogen and oxygen atoms in total. The zero-order valence-electron chi connectivity index (χ0n) is 7.18. The van der Waals surface area contributed by atoms with Crippen LogP contribution in [-0.4, -0.2) is 12.3 Å². The van der Waals surface area contributed by atoms with Crippen molar-refractivity contribution in [1.82, 2.24) is 0 Å². The van der Waals surface area contributed by atoms with E-state index in [1.165, 1.54) is 0 Å². The molecule has 2 heteroatoms. The predicted molar refractivity (Wildman–Crippen MR) is 45.2 cm³/mol. The van der Waals surface area contributed by atoms with Gasteiger partial charge in [0.05, 0.1) is 0 Å². The summed E-state index contributed by atoms with van der Waals surface area (Å²) >= 11 is 0. The maximum atomic E-state index is 11.2. The van der Waals surface area contributed by atoms with Crippen molar-refractivity contribution in [3.8, 4) is 0 Å². The van der Waals surface area contributed by atoms with E-state index in [-0.39, 0.29) is 0 Å². The monoisotopic (exact) mass is 155 g/mol. The first-order chi connectivity index (χ1) is 5.24. The van der Waals surface area contributed by atoms with Crippen LogP contribution in [0, 0.1) is 11.8 Å². The van der Waals surface area contributed by atoms with Crippen molar-refractivity contribution in [1.29, 1.82) is 0 Å². The van der Waals surface area contributed by atoms with E-state index in [1.54, 1.807) is 0 Å². The second-order valence-electron chi connectivity index (χ2n) is 3.62. The average Bonchev–Trinajstić information content (AvgIpc) is 2.81. The molecule has 64 valence electrons. The zero-order valence-corrected chi connectivity index (χ0v) is 7.18. The van der Waals surface area contributed by atoms with Crippen molar-refractivity contribution < 1.29 is 4.79 Å². The smallest absolute Gasteiger partial charge is 0.135 e. The highest BCUT2D eigenvalue weighted by Crippen LogP contribution is 2.31. The molecule has 0 radical (unpaired) electrons. The number of hydrogen-bond donors (Lipinski definition) is 1. The summed E-state index contributed by atoms with van der Waals surface area (Å²) in [5, 5.41) is 0. The number of carbonyl (C=O) groups is 1. The Kier molecular flexibility index (Phi) is 3.06. The molecular formula is C9H17NO. The van der Waals surface area contributed by atoms with Crippen LogP contribution in [-0.2, 0) is 4.79 Å². The fourth-order valence-corrected chi connectivity index (χ4v) is 1.12. The molecule has 0 saturated heterocycles. The molecule has 1 atom stereocenters. The van der Waals surface area contributed by atoms with Gasteiger partial charge >= 0.3 is 0 Å². The van der Waals surface area contributed by atoms with Gasteiger partial charge in [-0.05, 0) is 31.7 Å². The van der Waals surface area contributed by atoms with Crippen molar-refractivity contribution >= 4 is 5.78 Å². The largest absolute Gasteiger partial charge is 0.330 e. The van der Waals surface area contributed by atoms with Crippen molar-refractivity contribution in [2.45, 2.75) is 32.6 Å². The van der Waals surface area contributed by atoms with Gasteiger partial charge in [-0.2, -0.15) is 0 Å². The predicted octanol–water partition coefficient (Wildman–Crippen LogP) is 1.34. The fraction of sp³-hybridized carbons (Fsp3) is 0.889. The minimum atomic E-state index is 0.431. The van der Waals surface area contributed by atoms with Gasteiger partial charge in [0.2, 0.25) is 0 Å². The third-order valence-electron chi connectivity index (χ3n) is 2.32. The van der Waals surface area contributed by atoms with Gasteiger partial charge in [0.25, 0.3) is 0 Å². The van der Waals surface area contributed by atoms with E-state index in [9.17, 15) is 4.79 Å². The van der Waals surface area contributed by atoms with E-state index in [2.05, 4.69) is 6.92 Å². The highest BCUT2D eigenvalue weighted by atomic mass is 16.1. The van der Waals surface area contributed by atoms with Crippen LogP contribution in [0.2, 0.25) is 0 Å². The third-order valence-corrected chi connectivity index (χ3v) is 2.32. The minimum absolute atomic E-state index is 0.431. The third kappa shape index (κ3) is 3.02. The first-order valence-corrected chi connectivity index (χ1v) is 4.46. The van der Waals surface area contributed by atoms with Crippen LogP contribution in [0.25, 0.3) is 0 Å². The molecule has 1 unspecified atom stereocenters. The summed E-state index contributed by atoms with van der Waals surface area (Å²) in [4.78, 5) is 11.2. The second-order valence-corrected chi connectivity index (χ2v) is 3.62. The average molecular weight is 155 g/mol. The molecule has 11 heavy (non-hydrogen) atoms. The van der Waals surface area contributed by atoms with Gasteiger partial charge in [0, 0.05) is 12.3 Å². The quantitative estimate of drug-likeness (QED) is 0.651. The summed E-state index contributed by atoms with van der Waals surface area (Å²) in [6, 6.07) is 0. The summed E-state index contributed by atoms with van der Waals surface area (Å²) in [7, 11) is 0. The lowest BCUT2D eigenvalue weighted by Gasteiger charge is -2.05. The van der Waals surface area contributed by atoms with Crippen molar-refractivity contribution in [3.05, 3.63) is 0 Å². The molecule has 0 bridgehead atoms. The normalized spacial score (nSPS) is 19.8. The summed E-state index contributed by atoms with van der Waals surface area (Å²) in [6.07, 6.45) is 4.00. The van der Waals surface area contributed by atoms with Gasteiger partial charge in [0.1, 0.15) is 5.78 Å². The van der Waals surface area contributed by atoms with Crippen LogP contribution >= 0.6 is 0 Å². The Balaban J connectivity index is 2.05. The van der Waals surface area contributed by atoms with E-state index in [1.807, 2.05) is 0 Å². The van der Waals surface area contributed by atoms with E-state index in [4.69, 9.17) is 5.73 Å². The molecule has 1 rings (SSSR count).